The molecule has 7 nitrogen and oxygen atoms in total. The summed E-state index contributed by atoms with van der Waals surface area (Å²) in [6, 6.07) is 22.3. The number of hydrogen-bond acceptors (Lipinski definition) is 4. The van der Waals surface area contributed by atoms with Crippen LogP contribution in [-0.2, 0) is 9.59 Å². The van der Waals surface area contributed by atoms with Gasteiger partial charge >= 0.3 is 11.8 Å². The molecule has 0 saturated heterocycles. The Balaban J connectivity index is 1.52. The van der Waals surface area contributed by atoms with Crippen molar-refractivity contribution in [1.29, 1.82) is 0 Å². The summed E-state index contributed by atoms with van der Waals surface area (Å²) in [7, 11) is 0. The van der Waals surface area contributed by atoms with Crippen LogP contribution in [0.2, 0.25) is 0 Å². The van der Waals surface area contributed by atoms with E-state index in [0.29, 0.717) is 16.9 Å². The van der Waals surface area contributed by atoms with Crippen molar-refractivity contribution < 1.29 is 14.0 Å². The van der Waals surface area contributed by atoms with E-state index in [-0.39, 0.29) is 0 Å². The van der Waals surface area contributed by atoms with E-state index in [2.05, 4.69) is 36.9 Å². The van der Waals surface area contributed by atoms with Gasteiger partial charge in [0.15, 0.2) is 0 Å². The summed E-state index contributed by atoms with van der Waals surface area (Å²) in [5, 5.41) is 11.0. The second kappa shape index (κ2) is 10.0. The lowest BCUT2D eigenvalue weighted by Crippen LogP contribution is -2.32. The maximum absolute atomic E-state index is 13.0. The van der Waals surface area contributed by atoms with Crippen molar-refractivity contribution in [3.8, 4) is 16.9 Å². The highest BCUT2D eigenvalue weighted by Crippen LogP contribution is 2.24. The number of carbonyl (C=O) groups is 2. The standard InChI is InChI=1S/C24H17BrFN5O2/c25-18-8-6-16(7-9-18)22-17(15-31(30-22)21-4-2-1-3-5-21)14-27-29-24(33)23(32)28-20-12-10-19(26)11-13-20/h1-15H,(H,28,32)(H,29,33). The molecule has 0 aliphatic rings. The van der Waals surface area contributed by atoms with Gasteiger partial charge in [-0.1, -0.05) is 46.3 Å². The minimum atomic E-state index is -0.962. The van der Waals surface area contributed by atoms with Crippen molar-refractivity contribution in [3.05, 3.63) is 101 Å². The molecule has 1 heterocycles. The third kappa shape index (κ3) is 5.58. The average molecular weight is 506 g/mol. The Morgan fingerprint density at radius 1 is 0.939 bits per heavy atom. The molecule has 2 N–H and O–H groups in total. The summed E-state index contributed by atoms with van der Waals surface area (Å²) in [4.78, 5) is 24.1. The predicted octanol–water partition coefficient (Wildman–Crippen LogP) is 4.53. The molecule has 4 rings (SSSR count). The molecule has 9 heteroatoms. The van der Waals surface area contributed by atoms with Crippen LogP contribution in [0.3, 0.4) is 0 Å². The van der Waals surface area contributed by atoms with Gasteiger partial charge in [0, 0.05) is 27.5 Å². The van der Waals surface area contributed by atoms with Crippen molar-refractivity contribution in [2.24, 2.45) is 5.10 Å². The van der Waals surface area contributed by atoms with Crippen LogP contribution in [0.4, 0.5) is 10.1 Å². The molecule has 164 valence electrons. The fourth-order valence-corrected chi connectivity index (χ4v) is 3.22. The van der Waals surface area contributed by atoms with Crippen molar-refractivity contribution >= 4 is 39.6 Å². The molecule has 0 spiro atoms. The van der Waals surface area contributed by atoms with E-state index < -0.39 is 17.6 Å². The summed E-state index contributed by atoms with van der Waals surface area (Å²) in [6.45, 7) is 0. The molecule has 33 heavy (non-hydrogen) atoms. The molecular formula is C24H17BrFN5O2. The van der Waals surface area contributed by atoms with E-state index in [1.54, 1.807) is 10.9 Å². The Morgan fingerprint density at radius 3 is 2.33 bits per heavy atom. The molecule has 0 radical (unpaired) electrons. The Bertz CT molecular complexity index is 1300. The van der Waals surface area contributed by atoms with Crippen LogP contribution in [-0.4, -0.2) is 27.8 Å². The van der Waals surface area contributed by atoms with Crippen LogP contribution in [0.5, 0.6) is 0 Å². The monoisotopic (exact) mass is 505 g/mol. The fraction of sp³-hybridized carbons (Fsp3) is 0. The first-order valence-electron chi connectivity index (χ1n) is 9.80. The van der Waals surface area contributed by atoms with E-state index in [9.17, 15) is 14.0 Å². The number of halogens is 2. The molecule has 3 aromatic carbocycles. The summed E-state index contributed by atoms with van der Waals surface area (Å²) in [6.07, 6.45) is 3.20. The normalized spacial score (nSPS) is 10.8. The highest BCUT2D eigenvalue weighted by Gasteiger charge is 2.14. The quantitative estimate of drug-likeness (QED) is 0.237. The maximum atomic E-state index is 13.0. The molecule has 2 amide bonds. The molecule has 0 atom stereocenters. The topological polar surface area (TPSA) is 88.4 Å². The molecular weight excluding hydrogens is 489 g/mol. The molecule has 0 bridgehead atoms. The number of para-hydroxylation sites is 1. The van der Waals surface area contributed by atoms with Crippen LogP contribution in [0.15, 0.2) is 94.6 Å². The molecule has 0 saturated carbocycles. The zero-order valence-corrected chi connectivity index (χ0v) is 18.7. The number of amides is 2. The summed E-state index contributed by atoms with van der Waals surface area (Å²) in [5.41, 5.74) is 5.50. The molecule has 4 aromatic rings. The minimum absolute atomic E-state index is 0.294. The van der Waals surface area contributed by atoms with Crippen LogP contribution in [0.1, 0.15) is 5.56 Å². The number of nitrogens with zero attached hydrogens (tertiary/aromatic N) is 3. The first-order chi connectivity index (χ1) is 16.0. The molecule has 0 aliphatic heterocycles. The summed E-state index contributed by atoms with van der Waals surface area (Å²) in [5.74, 6) is -2.33. The fourth-order valence-electron chi connectivity index (χ4n) is 2.96. The van der Waals surface area contributed by atoms with Crippen LogP contribution < -0.4 is 10.7 Å². The zero-order valence-electron chi connectivity index (χ0n) is 17.1. The summed E-state index contributed by atoms with van der Waals surface area (Å²) >= 11 is 3.42. The van der Waals surface area contributed by atoms with Crippen LogP contribution in [0.25, 0.3) is 16.9 Å². The number of carbonyl (C=O) groups excluding carboxylic acids is 2. The van der Waals surface area contributed by atoms with Gasteiger partial charge in [-0.25, -0.2) is 14.5 Å². The molecule has 1 aromatic heterocycles. The predicted molar refractivity (Wildman–Crippen MR) is 127 cm³/mol. The van der Waals surface area contributed by atoms with E-state index in [4.69, 9.17) is 0 Å². The number of hydrazone groups is 1. The smallest absolute Gasteiger partial charge is 0.318 e. The van der Waals surface area contributed by atoms with Gasteiger partial charge < -0.3 is 5.32 Å². The lowest BCUT2D eigenvalue weighted by atomic mass is 10.1. The van der Waals surface area contributed by atoms with E-state index in [0.717, 1.165) is 15.7 Å². The number of hydrogen-bond donors (Lipinski definition) is 2. The van der Waals surface area contributed by atoms with Gasteiger partial charge in [-0.2, -0.15) is 10.2 Å². The largest absolute Gasteiger partial charge is 0.329 e. The highest BCUT2D eigenvalue weighted by molar-refractivity contribution is 9.10. The Kier molecular flexibility index (Phi) is 6.70. The zero-order chi connectivity index (χ0) is 23.2. The highest BCUT2D eigenvalue weighted by atomic mass is 79.9. The number of aromatic nitrogens is 2. The Morgan fingerprint density at radius 2 is 1.64 bits per heavy atom. The van der Waals surface area contributed by atoms with Crippen molar-refractivity contribution in [3.63, 3.8) is 0 Å². The molecule has 0 aliphatic carbocycles. The average Bonchev–Trinajstić information content (AvgIpc) is 3.25. The number of benzene rings is 3. The third-order valence-electron chi connectivity index (χ3n) is 4.56. The van der Waals surface area contributed by atoms with Gasteiger partial charge in [-0.3, -0.25) is 9.59 Å². The van der Waals surface area contributed by atoms with E-state index in [1.165, 1.54) is 30.5 Å². The van der Waals surface area contributed by atoms with Gasteiger partial charge in [0.05, 0.1) is 11.9 Å². The molecule has 0 unspecified atom stereocenters. The minimum Gasteiger partial charge on any atom is -0.318 e. The second-order valence-corrected chi connectivity index (χ2v) is 7.80. The van der Waals surface area contributed by atoms with Crippen molar-refractivity contribution in [1.82, 2.24) is 15.2 Å². The number of nitrogens with one attached hydrogen (secondary N) is 2. The van der Waals surface area contributed by atoms with Gasteiger partial charge in [-0.15, -0.1) is 0 Å². The molecule has 0 fully saturated rings. The SMILES string of the molecule is O=C(NN=Cc1cn(-c2ccccc2)nc1-c1ccc(Br)cc1)C(=O)Nc1ccc(F)cc1. The lowest BCUT2D eigenvalue weighted by Gasteiger charge is -2.03. The van der Waals surface area contributed by atoms with Crippen LogP contribution >= 0.6 is 15.9 Å². The first-order valence-corrected chi connectivity index (χ1v) is 10.6. The summed E-state index contributed by atoms with van der Waals surface area (Å²) < 4.78 is 15.6. The van der Waals surface area contributed by atoms with Crippen molar-refractivity contribution in [2.45, 2.75) is 0 Å². The number of anilines is 1. The van der Waals surface area contributed by atoms with Gasteiger partial charge in [0.25, 0.3) is 0 Å². The Hall–Kier alpha value is -4.11. The van der Waals surface area contributed by atoms with E-state index in [1.807, 2.05) is 54.6 Å². The van der Waals surface area contributed by atoms with Gasteiger partial charge in [-0.05, 0) is 48.5 Å². The third-order valence-corrected chi connectivity index (χ3v) is 5.09. The van der Waals surface area contributed by atoms with Crippen LogP contribution in [0, 0.1) is 5.82 Å². The second-order valence-electron chi connectivity index (χ2n) is 6.88. The van der Waals surface area contributed by atoms with Gasteiger partial charge in [0.1, 0.15) is 11.5 Å². The van der Waals surface area contributed by atoms with Crippen molar-refractivity contribution in [2.75, 3.05) is 5.32 Å². The first kappa shape index (κ1) is 22.1. The lowest BCUT2D eigenvalue weighted by molar-refractivity contribution is -0.136. The van der Waals surface area contributed by atoms with E-state index >= 15 is 0 Å². The maximum Gasteiger partial charge on any atom is 0.329 e. The Labute approximate surface area is 197 Å². The van der Waals surface area contributed by atoms with Gasteiger partial charge in [0.2, 0.25) is 0 Å². The number of rotatable bonds is 5.